The van der Waals surface area contributed by atoms with E-state index in [9.17, 15) is 9.90 Å². The van der Waals surface area contributed by atoms with Gasteiger partial charge in [-0.1, -0.05) is 39.5 Å². The molecule has 1 amide bonds. The van der Waals surface area contributed by atoms with Crippen LogP contribution >= 0.6 is 0 Å². The van der Waals surface area contributed by atoms with E-state index in [4.69, 9.17) is 0 Å². The fraction of sp³-hybridized carbons (Fsp3) is 0.933. The quantitative estimate of drug-likeness (QED) is 0.629. The second-order valence-electron chi connectivity index (χ2n) is 5.53. The maximum absolute atomic E-state index is 12.4. The van der Waals surface area contributed by atoms with Crippen molar-refractivity contribution in [3.8, 4) is 0 Å². The molecule has 1 fully saturated rings. The van der Waals surface area contributed by atoms with Gasteiger partial charge in [-0.3, -0.25) is 4.79 Å². The van der Waals surface area contributed by atoms with E-state index >= 15 is 0 Å². The number of hydrogen-bond donors (Lipinski definition) is 2. The molecule has 2 N–H and O–H groups in total. The standard InChI is InChI=1S/C15H30N2O2/c1-3-5-7-11-17(12-8-6-4-2)15(19)14-13(18)9-10-16-14/h13-14,16,18H,3-12H2,1-2H3/t13?,14-/m0/s1. The second-order valence-corrected chi connectivity index (χ2v) is 5.53. The van der Waals surface area contributed by atoms with Crippen LogP contribution in [0.15, 0.2) is 0 Å². The zero-order valence-corrected chi connectivity index (χ0v) is 12.5. The van der Waals surface area contributed by atoms with E-state index < -0.39 is 6.10 Å². The average Bonchev–Trinajstić information content (AvgIpc) is 2.83. The van der Waals surface area contributed by atoms with Gasteiger partial charge >= 0.3 is 0 Å². The predicted molar refractivity (Wildman–Crippen MR) is 78.0 cm³/mol. The molecule has 0 aromatic heterocycles. The molecule has 112 valence electrons. The van der Waals surface area contributed by atoms with E-state index in [1.165, 1.54) is 12.8 Å². The Morgan fingerprint density at radius 1 is 1.16 bits per heavy atom. The lowest BCUT2D eigenvalue weighted by molar-refractivity contribution is -0.135. The molecule has 0 saturated carbocycles. The maximum atomic E-state index is 12.4. The van der Waals surface area contributed by atoms with Gasteiger partial charge in [0, 0.05) is 13.1 Å². The molecule has 1 aliphatic heterocycles. The molecule has 1 saturated heterocycles. The minimum atomic E-state index is -0.507. The summed E-state index contributed by atoms with van der Waals surface area (Å²) in [6, 6.07) is -0.372. The SMILES string of the molecule is CCCCCN(CCCCC)C(=O)[C@H]1NCCC1O. The predicted octanol–water partition coefficient (Wildman–Crippen LogP) is 1.92. The highest BCUT2D eigenvalue weighted by Crippen LogP contribution is 2.12. The molecule has 0 aliphatic carbocycles. The van der Waals surface area contributed by atoms with Crippen LogP contribution in [0, 0.1) is 0 Å². The number of nitrogens with zero attached hydrogens (tertiary/aromatic N) is 1. The van der Waals surface area contributed by atoms with Crippen molar-refractivity contribution < 1.29 is 9.90 Å². The molecule has 1 rings (SSSR count). The van der Waals surface area contributed by atoms with Crippen molar-refractivity contribution >= 4 is 5.91 Å². The third-order valence-electron chi connectivity index (χ3n) is 3.83. The van der Waals surface area contributed by atoms with Gasteiger partial charge in [0.15, 0.2) is 0 Å². The molecular formula is C15H30N2O2. The molecule has 4 heteroatoms. The molecule has 19 heavy (non-hydrogen) atoms. The fourth-order valence-corrected chi connectivity index (χ4v) is 2.58. The number of hydrogen-bond acceptors (Lipinski definition) is 3. The van der Waals surface area contributed by atoms with Crippen molar-refractivity contribution in [2.24, 2.45) is 0 Å². The maximum Gasteiger partial charge on any atom is 0.242 e. The Hall–Kier alpha value is -0.610. The van der Waals surface area contributed by atoms with Crippen LogP contribution in [0.1, 0.15) is 58.8 Å². The summed E-state index contributed by atoms with van der Waals surface area (Å²) in [4.78, 5) is 14.4. The third kappa shape index (κ3) is 5.49. The van der Waals surface area contributed by atoms with Crippen LogP contribution in [0.4, 0.5) is 0 Å². The highest BCUT2D eigenvalue weighted by atomic mass is 16.3. The molecule has 1 aliphatic rings. The molecule has 4 nitrogen and oxygen atoms in total. The average molecular weight is 270 g/mol. The lowest BCUT2D eigenvalue weighted by atomic mass is 10.1. The van der Waals surface area contributed by atoms with E-state index in [0.29, 0.717) is 6.42 Å². The number of amides is 1. The minimum absolute atomic E-state index is 0.0946. The van der Waals surface area contributed by atoms with E-state index in [1.807, 2.05) is 4.90 Å². The van der Waals surface area contributed by atoms with Crippen molar-refractivity contribution in [1.29, 1.82) is 0 Å². The van der Waals surface area contributed by atoms with Crippen LogP contribution in [0.2, 0.25) is 0 Å². The summed E-state index contributed by atoms with van der Waals surface area (Å²) in [7, 11) is 0. The topological polar surface area (TPSA) is 52.6 Å². The molecule has 2 atom stereocenters. The molecule has 1 unspecified atom stereocenters. The molecule has 0 aromatic carbocycles. The first-order valence-electron chi connectivity index (χ1n) is 7.91. The van der Waals surface area contributed by atoms with Crippen LogP contribution in [-0.2, 0) is 4.79 Å². The van der Waals surface area contributed by atoms with Gasteiger partial charge in [-0.15, -0.1) is 0 Å². The Kier molecular flexibility index (Phi) is 8.07. The van der Waals surface area contributed by atoms with Crippen molar-refractivity contribution in [2.45, 2.75) is 70.9 Å². The van der Waals surface area contributed by atoms with Gasteiger partial charge in [0.1, 0.15) is 6.04 Å². The lowest BCUT2D eigenvalue weighted by Gasteiger charge is -2.27. The summed E-state index contributed by atoms with van der Waals surface area (Å²) < 4.78 is 0. The fourth-order valence-electron chi connectivity index (χ4n) is 2.58. The number of rotatable bonds is 9. The smallest absolute Gasteiger partial charge is 0.242 e. The first-order valence-corrected chi connectivity index (χ1v) is 7.91. The van der Waals surface area contributed by atoms with Gasteiger partial charge in [-0.2, -0.15) is 0 Å². The summed E-state index contributed by atoms with van der Waals surface area (Å²) in [5.41, 5.74) is 0. The Balaban J connectivity index is 2.47. The van der Waals surface area contributed by atoms with E-state index in [1.54, 1.807) is 0 Å². The first-order chi connectivity index (χ1) is 9.20. The van der Waals surface area contributed by atoms with Crippen molar-refractivity contribution in [3.63, 3.8) is 0 Å². The summed E-state index contributed by atoms with van der Waals surface area (Å²) in [5.74, 6) is 0.0946. The number of carbonyl (C=O) groups excluding carboxylic acids is 1. The summed E-state index contributed by atoms with van der Waals surface area (Å²) >= 11 is 0. The van der Waals surface area contributed by atoms with Crippen LogP contribution in [0.5, 0.6) is 0 Å². The van der Waals surface area contributed by atoms with Gasteiger partial charge in [0.05, 0.1) is 6.10 Å². The van der Waals surface area contributed by atoms with Crippen LogP contribution in [-0.4, -0.2) is 47.7 Å². The minimum Gasteiger partial charge on any atom is -0.391 e. The van der Waals surface area contributed by atoms with E-state index in [-0.39, 0.29) is 11.9 Å². The summed E-state index contributed by atoms with van der Waals surface area (Å²) in [6.45, 7) is 6.76. The number of aliphatic hydroxyl groups is 1. The first kappa shape index (κ1) is 16.4. The van der Waals surface area contributed by atoms with Gasteiger partial charge in [-0.05, 0) is 25.8 Å². The monoisotopic (exact) mass is 270 g/mol. The zero-order valence-electron chi connectivity index (χ0n) is 12.5. The van der Waals surface area contributed by atoms with Crippen molar-refractivity contribution in [3.05, 3.63) is 0 Å². The Bertz CT molecular complexity index is 249. The number of aliphatic hydroxyl groups excluding tert-OH is 1. The number of nitrogens with one attached hydrogen (secondary N) is 1. The van der Waals surface area contributed by atoms with Gasteiger partial charge in [0.25, 0.3) is 0 Å². The van der Waals surface area contributed by atoms with Crippen molar-refractivity contribution in [2.75, 3.05) is 19.6 Å². The zero-order chi connectivity index (χ0) is 14.1. The highest BCUT2D eigenvalue weighted by Gasteiger charge is 2.33. The van der Waals surface area contributed by atoms with Gasteiger partial charge in [0.2, 0.25) is 5.91 Å². The molecule has 0 radical (unpaired) electrons. The highest BCUT2D eigenvalue weighted by molar-refractivity contribution is 5.83. The summed E-state index contributed by atoms with van der Waals surface area (Å²) in [5, 5.41) is 13.0. The number of carbonyl (C=O) groups is 1. The summed E-state index contributed by atoms with van der Waals surface area (Å²) in [6.07, 6.45) is 6.98. The second kappa shape index (κ2) is 9.32. The van der Waals surface area contributed by atoms with Crippen LogP contribution in [0.3, 0.4) is 0 Å². The lowest BCUT2D eigenvalue weighted by Crippen LogP contribution is -2.48. The Morgan fingerprint density at radius 2 is 1.74 bits per heavy atom. The molecule has 0 bridgehead atoms. The Labute approximate surface area is 117 Å². The number of unbranched alkanes of at least 4 members (excludes halogenated alkanes) is 4. The van der Waals surface area contributed by atoms with Crippen LogP contribution < -0.4 is 5.32 Å². The Morgan fingerprint density at radius 3 is 2.16 bits per heavy atom. The van der Waals surface area contributed by atoms with Gasteiger partial charge in [-0.25, -0.2) is 0 Å². The van der Waals surface area contributed by atoms with Gasteiger partial charge < -0.3 is 15.3 Å². The third-order valence-corrected chi connectivity index (χ3v) is 3.83. The van der Waals surface area contributed by atoms with Crippen LogP contribution in [0.25, 0.3) is 0 Å². The van der Waals surface area contributed by atoms with E-state index in [0.717, 1.165) is 45.3 Å². The van der Waals surface area contributed by atoms with Crippen molar-refractivity contribution in [1.82, 2.24) is 10.2 Å². The molecule has 1 heterocycles. The normalized spacial score (nSPS) is 22.7. The molecular weight excluding hydrogens is 240 g/mol. The molecule has 0 aromatic rings. The largest absolute Gasteiger partial charge is 0.391 e. The van der Waals surface area contributed by atoms with E-state index in [2.05, 4.69) is 19.2 Å². The molecule has 0 spiro atoms.